The Hall–Kier alpha value is -0.610. The summed E-state index contributed by atoms with van der Waals surface area (Å²) in [6.45, 7) is 3.72. The lowest BCUT2D eigenvalue weighted by Crippen LogP contribution is -2.53. The lowest BCUT2D eigenvalue weighted by molar-refractivity contribution is -0.128. The fourth-order valence-corrected chi connectivity index (χ4v) is 2.97. The maximum absolute atomic E-state index is 12.2. The number of likely N-dealkylation sites (N-methyl/N-ethyl adjacent to an activating group) is 1. The summed E-state index contributed by atoms with van der Waals surface area (Å²) in [4.78, 5) is 14.5. The number of rotatable bonds is 5. The summed E-state index contributed by atoms with van der Waals surface area (Å²) >= 11 is 0. The molecule has 0 aromatic heterocycles. The Morgan fingerprint density at radius 3 is 2.72 bits per heavy atom. The van der Waals surface area contributed by atoms with Crippen LogP contribution in [0, 0.1) is 5.92 Å². The molecule has 2 fully saturated rings. The van der Waals surface area contributed by atoms with E-state index in [1.807, 2.05) is 6.92 Å². The number of carbonyl (C=O) groups excluding carboxylic acids is 1. The summed E-state index contributed by atoms with van der Waals surface area (Å²) in [6, 6.07) is 0.761. The first kappa shape index (κ1) is 13.8. The second kappa shape index (κ2) is 5.57. The van der Waals surface area contributed by atoms with Gasteiger partial charge in [-0.1, -0.05) is 12.8 Å². The quantitative estimate of drug-likeness (QED) is 0.771. The van der Waals surface area contributed by atoms with E-state index in [4.69, 9.17) is 5.73 Å². The van der Waals surface area contributed by atoms with E-state index >= 15 is 0 Å². The van der Waals surface area contributed by atoms with Crippen molar-refractivity contribution in [2.75, 3.05) is 20.1 Å². The SMILES string of the molecule is CN(CCNC(=O)C1CCCCC1(C)N)C1CC1. The van der Waals surface area contributed by atoms with E-state index in [-0.39, 0.29) is 17.4 Å². The van der Waals surface area contributed by atoms with E-state index in [0.29, 0.717) is 0 Å². The molecule has 4 nitrogen and oxygen atoms in total. The number of nitrogens with two attached hydrogens (primary N) is 1. The van der Waals surface area contributed by atoms with Crippen molar-refractivity contribution >= 4 is 5.91 Å². The number of carbonyl (C=O) groups is 1. The molecule has 2 aliphatic rings. The second-order valence-electron chi connectivity index (χ2n) is 6.31. The molecule has 0 heterocycles. The van der Waals surface area contributed by atoms with Crippen LogP contribution < -0.4 is 11.1 Å². The Kier molecular flexibility index (Phi) is 4.28. The first-order chi connectivity index (χ1) is 8.50. The van der Waals surface area contributed by atoms with Gasteiger partial charge in [-0.25, -0.2) is 0 Å². The lowest BCUT2D eigenvalue weighted by atomic mass is 9.74. The summed E-state index contributed by atoms with van der Waals surface area (Å²) in [6.07, 6.45) is 6.82. The van der Waals surface area contributed by atoms with Gasteiger partial charge in [0.1, 0.15) is 0 Å². The van der Waals surface area contributed by atoms with Crippen molar-refractivity contribution in [3.63, 3.8) is 0 Å². The second-order valence-corrected chi connectivity index (χ2v) is 6.31. The Balaban J connectivity index is 1.72. The summed E-state index contributed by atoms with van der Waals surface area (Å²) in [5.74, 6) is 0.154. The molecular formula is C14H27N3O. The van der Waals surface area contributed by atoms with E-state index in [9.17, 15) is 4.79 Å². The van der Waals surface area contributed by atoms with Crippen LogP contribution in [-0.2, 0) is 4.79 Å². The average Bonchev–Trinajstić information content (AvgIpc) is 3.11. The first-order valence-corrected chi connectivity index (χ1v) is 7.27. The van der Waals surface area contributed by atoms with Gasteiger partial charge in [0.15, 0.2) is 0 Å². The van der Waals surface area contributed by atoms with Crippen LogP contribution in [0.25, 0.3) is 0 Å². The number of hydrogen-bond acceptors (Lipinski definition) is 3. The van der Waals surface area contributed by atoms with Gasteiger partial charge in [0.05, 0.1) is 5.92 Å². The van der Waals surface area contributed by atoms with E-state index in [2.05, 4.69) is 17.3 Å². The molecule has 0 bridgehead atoms. The molecule has 2 atom stereocenters. The van der Waals surface area contributed by atoms with Crippen molar-refractivity contribution < 1.29 is 4.79 Å². The molecule has 0 aromatic rings. The van der Waals surface area contributed by atoms with E-state index in [1.165, 1.54) is 12.8 Å². The molecule has 0 aliphatic heterocycles. The molecule has 2 unspecified atom stereocenters. The van der Waals surface area contributed by atoms with Gasteiger partial charge in [0.2, 0.25) is 5.91 Å². The van der Waals surface area contributed by atoms with Gasteiger partial charge in [-0.05, 0) is 39.7 Å². The highest BCUT2D eigenvalue weighted by Crippen LogP contribution is 2.31. The predicted octanol–water partition coefficient (Wildman–Crippen LogP) is 1.10. The molecule has 2 aliphatic carbocycles. The summed E-state index contributed by atoms with van der Waals surface area (Å²) in [5, 5.41) is 3.06. The van der Waals surface area contributed by atoms with Crippen molar-refractivity contribution in [1.29, 1.82) is 0 Å². The van der Waals surface area contributed by atoms with Crippen LogP contribution >= 0.6 is 0 Å². The topological polar surface area (TPSA) is 58.4 Å². The molecule has 0 radical (unpaired) electrons. The van der Waals surface area contributed by atoms with Crippen molar-refractivity contribution in [3.8, 4) is 0 Å². The van der Waals surface area contributed by atoms with Crippen LogP contribution in [0.2, 0.25) is 0 Å². The Labute approximate surface area is 110 Å². The minimum atomic E-state index is -0.315. The maximum atomic E-state index is 12.2. The Bertz CT molecular complexity index is 299. The van der Waals surface area contributed by atoms with Gasteiger partial charge in [-0.3, -0.25) is 4.79 Å². The zero-order chi connectivity index (χ0) is 13.2. The maximum Gasteiger partial charge on any atom is 0.225 e. The van der Waals surface area contributed by atoms with E-state index in [1.54, 1.807) is 0 Å². The summed E-state index contributed by atoms with van der Waals surface area (Å²) in [7, 11) is 2.14. The van der Waals surface area contributed by atoms with Gasteiger partial charge >= 0.3 is 0 Å². The highest BCUT2D eigenvalue weighted by Gasteiger charge is 2.37. The lowest BCUT2D eigenvalue weighted by Gasteiger charge is -2.37. The van der Waals surface area contributed by atoms with Crippen LogP contribution in [0.3, 0.4) is 0 Å². The number of hydrogen-bond donors (Lipinski definition) is 2. The molecular weight excluding hydrogens is 226 g/mol. The first-order valence-electron chi connectivity index (χ1n) is 7.27. The largest absolute Gasteiger partial charge is 0.355 e. The normalized spacial score (nSPS) is 32.6. The third-order valence-corrected chi connectivity index (χ3v) is 4.50. The molecule has 0 saturated heterocycles. The molecule has 104 valence electrons. The van der Waals surface area contributed by atoms with Crippen molar-refractivity contribution in [2.24, 2.45) is 11.7 Å². The molecule has 0 aromatic carbocycles. The summed E-state index contributed by atoms with van der Waals surface area (Å²) in [5.41, 5.74) is 5.93. The Morgan fingerprint density at radius 1 is 1.39 bits per heavy atom. The molecule has 4 heteroatoms. The van der Waals surface area contributed by atoms with Gasteiger partial charge in [0.25, 0.3) is 0 Å². The minimum absolute atomic E-state index is 0.00233. The fraction of sp³-hybridized carbons (Fsp3) is 0.929. The highest BCUT2D eigenvalue weighted by molar-refractivity contribution is 5.80. The number of amides is 1. The number of nitrogens with one attached hydrogen (secondary N) is 1. The van der Waals surface area contributed by atoms with Crippen LogP contribution in [0.4, 0.5) is 0 Å². The van der Waals surface area contributed by atoms with Crippen LogP contribution in [0.1, 0.15) is 45.4 Å². The van der Waals surface area contributed by atoms with Gasteiger partial charge in [0, 0.05) is 24.7 Å². The van der Waals surface area contributed by atoms with E-state index in [0.717, 1.165) is 44.8 Å². The molecule has 18 heavy (non-hydrogen) atoms. The monoisotopic (exact) mass is 253 g/mol. The number of nitrogens with zero attached hydrogens (tertiary/aromatic N) is 1. The van der Waals surface area contributed by atoms with Gasteiger partial charge in [-0.2, -0.15) is 0 Å². The van der Waals surface area contributed by atoms with Crippen LogP contribution in [0.5, 0.6) is 0 Å². The molecule has 1 amide bonds. The van der Waals surface area contributed by atoms with Crippen molar-refractivity contribution in [2.45, 2.75) is 57.0 Å². The molecule has 2 rings (SSSR count). The van der Waals surface area contributed by atoms with E-state index < -0.39 is 0 Å². The standard InChI is InChI=1S/C14H27N3O/c1-14(15)8-4-3-5-12(14)13(18)16-9-10-17(2)11-6-7-11/h11-12H,3-10,15H2,1-2H3,(H,16,18). The molecule has 3 N–H and O–H groups in total. The van der Waals surface area contributed by atoms with Crippen molar-refractivity contribution in [1.82, 2.24) is 10.2 Å². The van der Waals surface area contributed by atoms with Gasteiger partial charge in [-0.15, -0.1) is 0 Å². The predicted molar refractivity (Wildman–Crippen MR) is 73.2 cm³/mol. The molecule has 0 spiro atoms. The van der Waals surface area contributed by atoms with Gasteiger partial charge < -0.3 is 16.0 Å². The zero-order valence-electron chi connectivity index (χ0n) is 11.7. The van der Waals surface area contributed by atoms with Crippen LogP contribution in [-0.4, -0.2) is 42.5 Å². The smallest absolute Gasteiger partial charge is 0.225 e. The van der Waals surface area contributed by atoms with Crippen molar-refractivity contribution in [3.05, 3.63) is 0 Å². The average molecular weight is 253 g/mol. The third-order valence-electron chi connectivity index (χ3n) is 4.50. The molecule has 2 saturated carbocycles. The summed E-state index contributed by atoms with van der Waals surface area (Å²) < 4.78 is 0. The fourth-order valence-electron chi connectivity index (χ4n) is 2.97. The highest BCUT2D eigenvalue weighted by atomic mass is 16.1. The third kappa shape index (κ3) is 3.45. The Morgan fingerprint density at radius 2 is 2.11 bits per heavy atom. The minimum Gasteiger partial charge on any atom is -0.355 e. The van der Waals surface area contributed by atoms with Crippen LogP contribution in [0.15, 0.2) is 0 Å². The zero-order valence-corrected chi connectivity index (χ0v) is 11.7.